The Balaban J connectivity index is 1.16. The fraction of sp³-hybridized carbons (Fsp3) is 0.481. The molecule has 0 atom stereocenters. The van der Waals surface area contributed by atoms with Gasteiger partial charge in [0.05, 0.1) is 24.1 Å². The quantitative estimate of drug-likeness (QED) is 0.420. The van der Waals surface area contributed by atoms with Crippen molar-refractivity contribution < 1.29 is 9.53 Å². The molecule has 1 aliphatic heterocycles. The Morgan fingerprint density at radius 3 is 2.79 bits per heavy atom. The third-order valence-corrected chi connectivity index (χ3v) is 6.32. The largest absolute Gasteiger partial charge is 0.494 e. The van der Waals surface area contributed by atoms with Gasteiger partial charge in [-0.2, -0.15) is 0 Å². The lowest BCUT2D eigenvalue weighted by Gasteiger charge is -2.26. The predicted molar refractivity (Wildman–Crippen MR) is 132 cm³/mol. The first-order valence-corrected chi connectivity index (χ1v) is 12.3. The lowest BCUT2D eigenvalue weighted by Crippen LogP contribution is -2.29. The summed E-state index contributed by atoms with van der Waals surface area (Å²) in [5.41, 5.74) is 4.30. The lowest BCUT2D eigenvalue weighted by molar-refractivity contribution is -0.119. The number of hydrogen-bond acceptors (Lipinski definition) is 4. The molecule has 33 heavy (non-hydrogen) atoms. The van der Waals surface area contributed by atoms with E-state index in [0.717, 1.165) is 67.0 Å². The van der Waals surface area contributed by atoms with Crippen LogP contribution in [0.2, 0.25) is 0 Å². The average molecular weight is 449 g/mol. The highest BCUT2D eigenvalue weighted by Crippen LogP contribution is 2.19. The molecule has 0 spiro atoms. The van der Waals surface area contributed by atoms with E-state index < -0.39 is 0 Å². The van der Waals surface area contributed by atoms with Crippen LogP contribution in [0.5, 0.6) is 5.75 Å². The number of benzene rings is 2. The summed E-state index contributed by atoms with van der Waals surface area (Å²) in [5, 5.41) is 2.66. The van der Waals surface area contributed by atoms with Gasteiger partial charge in [-0.3, -0.25) is 9.69 Å². The monoisotopic (exact) mass is 448 g/mol. The summed E-state index contributed by atoms with van der Waals surface area (Å²) in [5.74, 6) is 2.01. The average Bonchev–Trinajstić information content (AvgIpc) is 3.24. The number of amides is 1. The number of likely N-dealkylation sites (N-methyl/N-ethyl adjacent to an activating group) is 1. The van der Waals surface area contributed by atoms with Crippen LogP contribution in [0.15, 0.2) is 42.5 Å². The molecule has 6 heteroatoms. The highest BCUT2D eigenvalue weighted by Gasteiger charge is 2.11. The molecule has 0 aliphatic carbocycles. The zero-order valence-corrected chi connectivity index (χ0v) is 19.7. The zero-order valence-electron chi connectivity index (χ0n) is 19.7. The minimum Gasteiger partial charge on any atom is -0.494 e. The number of imidazole rings is 1. The van der Waals surface area contributed by atoms with Gasteiger partial charge in [-0.25, -0.2) is 4.98 Å². The maximum Gasteiger partial charge on any atom is 0.224 e. The van der Waals surface area contributed by atoms with E-state index in [9.17, 15) is 4.79 Å². The van der Waals surface area contributed by atoms with E-state index in [1.54, 1.807) is 7.05 Å². The molecule has 1 aliphatic rings. The predicted octanol–water partition coefficient (Wildman–Crippen LogP) is 4.63. The molecule has 3 aromatic rings. The molecule has 2 heterocycles. The number of likely N-dealkylation sites (tertiary alicyclic amines) is 1. The molecule has 6 nitrogen and oxygen atoms in total. The topological polar surface area (TPSA) is 70.2 Å². The number of nitrogens with one attached hydrogen (secondary N) is 2. The number of aryl methyl sites for hydroxylation is 1. The van der Waals surface area contributed by atoms with Crippen molar-refractivity contribution >= 4 is 16.9 Å². The number of carbonyl (C=O) groups is 1. The van der Waals surface area contributed by atoms with E-state index in [-0.39, 0.29) is 5.91 Å². The Morgan fingerprint density at radius 1 is 1.06 bits per heavy atom. The standard InChI is InChI=1S/C27H36N4O2/c1-28-27(32)19-21-12-13-24-25(18-21)30-26(29-24)11-4-2-7-16-33-23-10-8-9-22(17-23)20-31-14-5-3-6-15-31/h8-10,12-13,17-18H,2-7,11,14-16,19-20H2,1H3,(H,28,32)(H,29,30). The van der Waals surface area contributed by atoms with Gasteiger partial charge < -0.3 is 15.0 Å². The van der Waals surface area contributed by atoms with Gasteiger partial charge in [0.25, 0.3) is 0 Å². The highest BCUT2D eigenvalue weighted by molar-refractivity contribution is 5.81. The SMILES string of the molecule is CNC(=O)Cc1ccc2nc(CCCCCOc3cccc(CN4CCCCC4)c3)[nH]c2c1. The second-order valence-corrected chi connectivity index (χ2v) is 9.03. The molecule has 0 bridgehead atoms. The molecule has 0 unspecified atom stereocenters. The normalized spacial score (nSPS) is 14.5. The van der Waals surface area contributed by atoms with Crippen LogP contribution in [0.25, 0.3) is 11.0 Å². The van der Waals surface area contributed by atoms with Gasteiger partial charge in [-0.05, 0) is 80.6 Å². The van der Waals surface area contributed by atoms with Crippen molar-refractivity contribution in [2.75, 3.05) is 26.7 Å². The van der Waals surface area contributed by atoms with Crippen molar-refractivity contribution in [1.29, 1.82) is 0 Å². The van der Waals surface area contributed by atoms with E-state index in [4.69, 9.17) is 4.74 Å². The maximum absolute atomic E-state index is 11.6. The first kappa shape index (κ1) is 23.3. The summed E-state index contributed by atoms with van der Waals surface area (Å²) < 4.78 is 6.02. The molecule has 2 aromatic carbocycles. The smallest absolute Gasteiger partial charge is 0.224 e. The molecule has 1 saturated heterocycles. The van der Waals surface area contributed by atoms with Crippen LogP contribution in [0.3, 0.4) is 0 Å². The zero-order chi connectivity index (χ0) is 22.9. The number of carbonyl (C=O) groups excluding carboxylic acids is 1. The third-order valence-electron chi connectivity index (χ3n) is 6.32. The molecule has 176 valence electrons. The van der Waals surface area contributed by atoms with Gasteiger partial charge in [-0.1, -0.05) is 24.6 Å². The Hall–Kier alpha value is -2.86. The van der Waals surface area contributed by atoms with Crippen molar-refractivity contribution in [1.82, 2.24) is 20.2 Å². The van der Waals surface area contributed by atoms with Crippen LogP contribution < -0.4 is 10.1 Å². The first-order chi connectivity index (χ1) is 16.2. The first-order valence-electron chi connectivity index (χ1n) is 12.3. The molecule has 1 amide bonds. The van der Waals surface area contributed by atoms with Crippen molar-refractivity contribution in [3.05, 3.63) is 59.4 Å². The number of unbranched alkanes of at least 4 members (excludes halogenated alkanes) is 2. The van der Waals surface area contributed by atoms with Crippen LogP contribution in [-0.2, 0) is 24.2 Å². The van der Waals surface area contributed by atoms with Crippen LogP contribution in [-0.4, -0.2) is 47.5 Å². The summed E-state index contributed by atoms with van der Waals surface area (Å²) in [4.78, 5) is 22.2. The lowest BCUT2D eigenvalue weighted by atomic mass is 10.1. The van der Waals surface area contributed by atoms with Crippen molar-refractivity contribution in [2.24, 2.45) is 0 Å². The summed E-state index contributed by atoms with van der Waals surface area (Å²) in [6.07, 6.45) is 8.54. The third kappa shape index (κ3) is 7.06. The molecular weight excluding hydrogens is 412 g/mol. The molecular formula is C27H36N4O2. The number of piperidine rings is 1. The highest BCUT2D eigenvalue weighted by atomic mass is 16.5. The minimum absolute atomic E-state index is 0.0185. The van der Waals surface area contributed by atoms with Gasteiger partial charge in [0, 0.05) is 20.0 Å². The van der Waals surface area contributed by atoms with E-state index >= 15 is 0 Å². The van der Waals surface area contributed by atoms with Gasteiger partial charge in [0.2, 0.25) is 5.91 Å². The summed E-state index contributed by atoms with van der Waals surface area (Å²) in [7, 11) is 1.66. The number of aromatic nitrogens is 2. The Bertz CT molecular complexity index is 1040. The van der Waals surface area contributed by atoms with E-state index in [2.05, 4.69) is 44.5 Å². The van der Waals surface area contributed by atoms with Crippen LogP contribution in [0.4, 0.5) is 0 Å². The molecule has 4 rings (SSSR count). The van der Waals surface area contributed by atoms with Crippen LogP contribution in [0.1, 0.15) is 55.5 Å². The van der Waals surface area contributed by atoms with E-state index in [1.165, 1.54) is 37.9 Å². The number of aromatic amines is 1. The van der Waals surface area contributed by atoms with E-state index in [1.807, 2.05) is 18.2 Å². The molecule has 1 aromatic heterocycles. The fourth-order valence-electron chi connectivity index (χ4n) is 4.48. The van der Waals surface area contributed by atoms with Crippen LogP contribution >= 0.6 is 0 Å². The minimum atomic E-state index is 0.0185. The summed E-state index contributed by atoms with van der Waals surface area (Å²) in [6.45, 7) is 4.21. The Morgan fingerprint density at radius 2 is 1.94 bits per heavy atom. The molecule has 0 saturated carbocycles. The van der Waals surface area contributed by atoms with Crippen LogP contribution in [0, 0.1) is 0 Å². The summed E-state index contributed by atoms with van der Waals surface area (Å²) in [6, 6.07) is 14.6. The number of H-pyrrole nitrogens is 1. The molecule has 1 fully saturated rings. The van der Waals surface area contributed by atoms with E-state index in [0.29, 0.717) is 6.42 Å². The molecule has 0 radical (unpaired) electrons. The fourth-order valence-corrected chi connectivity index (χ4v) is 4.48. The van der Waals surface area contributed by atoms with Crippen molar-refractivity contribution in [3.63, 3.8) is 0 Å². The van der Waals surface area contributed by atoms with Gasteiger partial charge in [-0.15, -0.1) is 0 Å². The summed E-state index contributed by atoms with van der Waals surface area (Å²) >= 11 is 0. The van der Waals surface area contributed by atoms with Gasteiger partial charge in [0.15, 0.2) is 0 Å². The number of nitrogens with zero attached hydrogens (tertiary/aromatic N) is 2. The number of fused-ring (bicyclic) bond motifs is 1. The van der Waals surface area contributed by atoms with Crippen molar-refractivity contribution in [2.45, 2.75) is 57.9 Å². The van der Waals surface area contributed by atoms with Gasteiger partial charge >= 0.3 is 0 Å². The Labute approximate surface area is 196 Å². The molecule has 2 N–H and O–H groups in total. The second kappa shape index (κ2) is 11.8. The second-order valence-electron chi connectivity index (χ2n) is 9.03. The Kier molecular flexibility index (Phi) is 8.36. The number of rotatable bonds is 11. The van der Waals surface area contributed by atoms with Gasteiger partial charge in [0.1, 0.15) is 11.6 Å². The number of hydrogen-bond donors (Lipinski definition) is 2. The van der Waals surface area contributed by atoms with Crippen molar-refractivity contribution in [3.8, 4) is 5.75 Å². The number of ether oxygens (including phenoxy) is 1. The maximum atomic E-state index is 11.6.